The zero-order valence-corrected chi connectivity index (χ0v) is 17.6. The third-order valence-electron chi connectivity index (χ3n) is 4.17. The van der Waals surface area contributed by atoms with Gasteiger partial charge in [-0.1, -0.05) is 41.4 Å². The number of amides is 2. The van der Waals surface area contributed by atoms with Crippen molar-refractivity contribution in [1.29, 1.82) is 0 Å². The van der Waals surface area contributed by atoms with E-state index < -0.39 is 5.91 Å². The van der Waals surface area contributed by atoms with Gasteiger partial charge >= 0.3 is 0 Å². The highest BCUT2D eigenvalue weighted by Crippen LogP contribution is 2.34. The number of anilines is 2. The summed E-state index contributed by atoms with van der Waals surface area (Å²) < 4.78 is 5.66. The first-order chi connectivity index (χ1) is 14.5. The maximum Gasteiger partial charge on any atom is 0.291 e. The Kier molecular flexibility index (Phi) is 5.90. The minimum absolute atomic E-state index is 0.120. The molecule has 2 heterocycles. The quantitative estimate of drug-likeness (QED) is 0.346. The molecule has 4 aromatic rings. The second-order valence-corrected chi connectivity index (χ2v) is 7.96. The van der Waals surface area contributed by atoms with Crippen molar-refractivity contribution >= 4 is 57.7 Å². The van der Waals surface area contributed by atoms with E-state index in [2.05, 4.69) is 10.6 Å². The van der Waals surface area contributed by atoms with Crippen molar-refractivity contribution in [2.75, 3.05) is 10.6 Å². The monoisotopic (exact) mass is 456 g/mol. The number of carbonyl (C=O) groups excluding carboxylic acids is 2. The van der Waals surface area contributed by atoms with Gasteiger partial charge in [0, 0.05) is 16.9 Å². The molecule has 0 saturated carbocycles. The normalized spacial score (nSPS) is 10.6. The molecule has 30 heavy (non-hydrogen) atoms. The van der Waals surface area contributed by atoms with Crippen LogP contribution in [0.2, 0.25) is 10.0 Å². The highest BCUT2D eigenvalue weighted by atomic mass is 35.5. The van der Waals surface area contributed by atoms with E-state index in [9.17, 15) is 9.59 Å². The predicted octanol–water partition coefficient (Wildman–Crippen LogP) is 6.82. The molecule has 0 unspecified atom stereocenters. The lowest BCUT2D eigenvalue weighted by Gasteiger charge is -2.07. The molecular formula is C22H14Cl2N2O3S. The lowest BCUT2D eigenvalue weighted by Crippen LogP contribution is -2.12. The van der Waals surface area contributed by atoms with Gasteiger partial charge in [0.2, 0.25) is 0 Å². The zero-order chi connectivity index (χ0) is 21.1. The van der Waals surface area contributed by atoms with Gasteiger partial charge in [-0.3, -0.25) is 9.59 Å². The van der Waals surface area contributed by atoms with Gasteiger partial charge in [0.1, 0.15) is 5.76 Å². The fourth-order valence-corrected chi connectivity index (χ4v) is 3.78. The van der Waals surface area contributed by atoms with Crippen molar-refractivity contribution < 1.29 is 14.0 Å². The van der Waals surface area contributed by atoms with Crippen LogP contribution in [0.15, 0.2) is 76.5 Å². The van der Waals surface area contributed by atoms with Crippen LogP contribution in [-0.2, 0) is 0 Å². The number of halogens is 2. The topological polar surface area (TPSA) is 71.3 Å². The summed E-state index contributed by atoms with van der Waals surface area (Å²) in [5.41, 5.74) is 1.68. The Morgan fingerprint density at radius 3 is 2.30 bits per heavy atom. The average Bonchev–Trinajstić information content (AvgIpc) is 3.43. The molecule has 0 atom stereocenters. The van der Waals surface area contributed by atoms with Gasteiger partial charge in [0.15, 0.2) is 5.76 Å². The van der Waals surface area contributed by atoms with Crippen LogP contribution in [0.25, 0.3) is 11.3 Å². The third kappa shape index (κ3) is 4.41. The molecular weight excluding hydrogens is 443 g/mol. The smallest absolute Gasteiger partial charge is 0.291 e. The van der Waals surface area contributed by atoms with Crippen molar-refractivity contribution in [3.63, 3.8) is 0 Å². The summed E-state index contributed by atoms with van der Waals surface area (Å²) in [4.78, 5) is 25.4. The maximum atomic E-state index is 12.6. The first kappa shape index (κ1) is 20.2. The molecule has 0 saturated heterocycles. The number of benzene rings is 2. The van der Waals surface area contributed by atoms with Gasteiger partial charge in [-0.2, -0.15) is 0 Å². The van der Waals surface area contributed by atoms with Crippen LogP contribution >= 0.6 is 34.5 Å². The van der Waals surface area contributed by atoms with E-state index in [1.54, 1.807) is 60.7 Å². The molecule has 2 aromatic carbocycles. The van der Waals surface area contributed by atoms with E-state index in [1.807, 2.05) is 11.4 Å². The van der Waals surface area contributed by atoms with Crippen molar-refractivity contribution in [2.24, 2.45) is 0 Å². The average molecular weight is 457 g/mol. The molecule has 2 aromatic heterocycles. The molecule has 8 heteroatoms. The number of thiophene rings is 1. The fraction of sp³-hybridized carbons (Fsp3) is 0. The largest absolute Gasteiger partial charge is 0.451 e. The van der Waals surface area contributed by atoms with Crippen molar-refractivity contribution in [3.8, 4) is 11.3 Å². The van der Waals surface area contributed by atoms with E-state index >= 15 is 0 Å². The van der Waals surface area contributed by atoms with E-state index in [-0.39, 0.29) is 11.7 Å². The highest BCUT2D eigenvalue weighted by molar-refractivity contribution is 7.12. The lowest BCUT2D eigenvalue weighted by molar-refractivity contribution is 0.0996. The van der Waals surface area contributed by atoms with Gasteiger partial charge in [-0.15, -0.1) is 11.3 Å². The summed E-state index contributed by atoms with van der Waals surface area (Å²) in [6.07, 6.45) is 0. The first-order valence-corrected chi connectivity index (χ1v) is 10.5. The number of furan rings is 1. The van der Waals surface area contributed by atoms with E-state index in [0.29, 0.717) is 37.6 Å². The molecule has 2 amide bonds. The van der Waals surface area contributed by atoms with Crippen LogP contribution < -0.4 is 10.6 Å². The maximum absolute atomic E-state index is 12.6. The van der Waals surface area contributed by atoms with Crippen LogP contribution in [0.1, 0.15) is 20.2 Å². The summed E-state index contributed by atoms with van der Waals surface area (Å²) in [6, 6.07) is 18.8. The Balaban J connectivity index is 1.47. The molecule has 4 rings (SSSR count). The third-order valence-corrected chi connectivity index (χ3v) is 5.86. The number of hydrogen-bond donors (Lipinski definition) is 2. The van der Waals surface area contributed by atoms with Crippen LogP contribution in [-0.4, -0.2) is 11.8 Å². The molecule has 0 radical (unpaired) electrons. The molecule has 5 nitrogen and oxygen atoms in total. The van der Waals surface area contributed by atoms with Crippen LogP contribution in [0, 0.1) is 0 Å². The van der Waals surface area contributed by atoms with Gasteiger partial charge in [0.25, 0.3) is 11.8 Å². The molecule has 0 aliphatic rings. The summed E-state index contributed by atoms with van der Waals surface area (Å²) in [6.45, 7) is 0. The first-order valence-electron chi connectivity index (χ1n) is 8.82. The zero-order valence-electron chi connectivity index (χ0n) is 15.3. The molecule has 0 aliphatic carbocycles. The number of rotatable bonds is 5. The summed E-state index contributed by atoms with van der Waals surface area (Å²) in [5.74, 6) is -0.0811. The van der Waals surface area contributed by atoms with E-state index in [0.717, 1.165) is 0 Å². The van der Waals surface area contributed by atoms with Crippen LogP contribution in [0.3, 0.4) is 0 Å². The van der Waals surface area contributed by atoms with E-state index in [4.69, 9.17) is 27.6 Å². The number of carbonyl (C=O) groups is 2. The van der Waals surface area contributed by atoms with Crippen molar-refractivity contribution in [2.45, 2.75) is 0 Å². The fourth-order valence-electron chi connectivity index (χ4n) is 2.77. The van der Waals surface area contributed by atoms with E-state index in [1.165, 1.54) is 11.3 Å². The Hall–Kier alpha value is -3.06. The lowest BCUT2D eigenvalue weighted by atomic mass is 10.2. The number of nitrogens with one attached hydrogen (secondary N) is 2. The van der Waals surface area contributed by atoms with Gasteiger partial charge in [-0.25, -0.2) is 0 Å². The minimum Gasteiger partial charge on any atom is -0.451 e. The van der Waals surface area contributed by atoms with Crippen LogP contribution in [0.4, 0.5) is 11.4 Å². The van der Waals surface area contributed by atoms with Gasteiger partial charge in [0.05, 0.1) is 14.9 Å². The SMILES string of the molecule is O=C(Nc1cccc(NC(=O)c2cccs2)c1)c1ccc(-c2cccc(Cl)c2Cl)o1. The highest BCUT2D eigenvalue weighted by Gasteiger charge is 2.16. The van der Waals surface area contributed by atoms with Gasteiger partial charge < -0.3 is 15.1 Å². The second kappa shape index (κ2) is 8.75. The van der Waals surface area contributed by atoms with Gasteiger partial charge in [-0.05, 0) is 53.9 Å². The number of hydrogen-bond acceptors (Lipinski definition) is 4. The Morgan fingerprint density at radius 1 is 0.833 bits per heavy atom. The molecule has 2 N–H and O–H groups in total. The predicted molar refractivity (Wildman–Crippen MR) is 121 cm³/mol. The Labute approximate surface area is 186 Å². The molecule has 150 valence electrons. The summed E-state index contributed by atoms with van der Waals surface area (Å²) >= 11 is 13.6. The molecule has 0 fully saturated rings. The summed E-state index contributed by atoms with van der Waals surface area (Å²) in [7, 11) is 0. The Morgan fingerprint density at radius 2 is 1.57 bits per heavy atom. The second-order valence-electron chi connectivity index (χ2n) is 6.23. The van der Waals surface area contributed by atoms with Crippen molar-refractivity contribution in [3.05, 3.63) is 92.8 Å². The standard InChI is InChI=1S/C22H14Cl2N2O3S/c23-16-7-2-6-15(20(16)24)17-9-10-18(29-17)21(27)25-13-4-1-5-14(12-13)26-22(28)19-8-3-11-30-19/h1-12H,(H,25,27)(H,26,28). The summed E-state index contributed by atoms with van der Waals surface area (Å²) in [5, 5.41) is 8.15. The van der Waals surface area contributed by atoms with Crippen LogP contribution in [0.5, 0.6) is 0 Å². The molecule has 0 spiro atoms. The molecule has 0 aliphatic heterocycles. The minimum atomic E-state index is -0.430. The molecule has 0 bridgehead atoms. The Bertz CT molecular complexity index is 1220. The van der Waals surface area contributed by atoms with Crippen molar-refractivity contribution in [1.82, 2.24) is 0 Å².